The number of anilines is 1. The fraction of sp³-hybridized carbons (Fsp3) is 0.250. The van der Waals surface area contributed by atoms with E-state index in [-0.39, 0.29) is 18.0 Å². The van der Waals surface area contributed by atoms with Crippen LogP contribution in [0, 0.1) is 6.92 Å². The van der Waals surface area contributed by atoms with E-state index in [1.165, 1.54) is 13.0 Å². The molecule has 0 fully saturated rings. The second-order valence-electron chi connectivity index (χ2n) is 5.88. The average molecular weight is 370 g/mol. The summed E-state index contributed by atoms with van der Waals surface area (Å²) in [4.78, 5) is 35.6. The van der Waals surface area contributed by atoms with Crippen molar-refractivity contribution in [3.8, 4) is 5.75 Å². The highest BCUT2D eigenvalue weighted by molar-refractivity contribution is 6.02. The fourth-order valence-corrected chi connectivity index (χ4v) is 2.42. The number of benzene rings is 2. The number of aryl methyl sites for hydroxylation is 1. The Morgan fingerprint density at radius 3 is 2.52 bits per heavy atom. The number of esters is 1. The van der Waals surface area contributed by atoms with Crippen molar-refractivity contribution in [3.63, 3.8) is 0 Å². The van der Waals surface area contributed by atoms with Crippen LogP contribution in [-0.2, 0) is 20.9 Å². The summed E-state index contributed by atoms with van der Waals surface area (Å²) in [5.74, 6) is -0.716. The van der Waals surface area contributed by atoms with Crippen LogP contribution in [0.15, 0.2) is 42.5 Å². The molecule has 0 aromatic heterocycles. The lowest BCUT2D eigenvalue weighted by molar-refractivity contribution is -0.124. The quantitative estimate of drug-likeness (QED) is 0.730. The number of amides is 2. The van der Waals surface area contributed by atoms with Gasteiger partial charge in [-0.15, -0.1) is 0 Å². The summed E-state index contributed by atoms with van der Waals surface area (Å²) in [5, 5.41) is 5.29. The van der Waals surface area contributed by atoms with Crippen molar-refractivity contribution < 1.29 is 23.9 Å². The van der Waals surface area contributed by atoms with Gasteiger partial charge in [-0.1, -0.05) is 24.3 Å². The molecule has 0 aliphatic carbocycles. The van der Waals surface area contributed by atoms with E-state index in [2.05, 4.69) is 10.6 Å². The van der Waals surface area contributed by atoms with Crippen LogP contribution in [0.1, 0.15) is 28.4 Å². The molecule has 2 aromatic rings. The van der Waals surface area contributed by atoms with Crippen LogP contribution in [0.4, 0.5) is 5.69 Å². The van der Waals surface area contributed by atoms with E-state index in [1.807, 2.05) is 18.2 Å². The number of rotatable bonds is 7. The van der Waals surface area contributed by atoms with E-state index in [9.17, 15) is 14.4 Å². The summed E-state index contributed by atoms with van der Waals surface area (Å²) in [6.07, 6.45) is 0. The second kappa shape index (κ2) is 9.38. The third kappa shape index (κ3) is 5.85. The summed E-state index contributed by atoms with van der Waals surface area (Å²) < 4.78 is 10.2. The standard InChI is InChI=1S/C20H22N2O5/c1-13-6-4-9-17(19(13)22-14(2)23)20(25)27-12-18(24)21-11-15-7-5-8-16(10-15)26-3/h4-10H,11-12H2,1-3H3,(H,21,24)(H,22,23). The van der Waals surface area contributed by atoms with Crippen molar-refractivity contribution in [1.29, 1.82) is 0 Å². The van der Waals surface area contributed by atoms with Gasteiger partial charge in [-0.2, -0.15) is 0 Å². The highest BCUT2D eigenvalue weighted by atomic mass is 16.5. The number of carbonyl (C=O) groups excluding carboxylic acids is 3. The molecule has 0 aliphatic rings. The van der Waals surface area contributed by atoms with Crippen molar-refractivity contribution >= 4 is 23.5 Å². The highest BCUT2D eigenvalue weighted by Gasteiger charge is 2.16. The highest BCUT2D eigenvalue weighted by Crippen LogP contribution is 2.21. The number of hydrogen-bond donors (Lipinski definition) is 2. The Bertz CT molecular complexity index is 848. The number of nitrogens with one attached hydrogen (secondary N) is 2. The van der Waals surface area contributed by atoms with Crippen molar-refractivity contribution in [2.24, 2.45) is 0 Å². The third-order valence-electron chi connectivity index (χ3n) is 3.75. The maximum absolute atomic E-state index is 12.3. The van der Waals surface area contributed by atoms with Gasteiger partial charge < -0.3 is 20.1 Å². The Morgan fingerprint density at radius 1 is 1.07 bits per heavy atom. The average Bonchev–Trinajstić information content (AvgIpc) is 2.65. The summed E-state index contributed by atoms with van der Waals surface area (Å²) >= 11 is 0. The molecule has 0 aliphatic heterocycles. The summed E-state index contributed by atoms with van der Waals surface area (Å²) in [6.45, 7) is 2.99. The predicted molar refractivity (Wildman–Crippen MR) is 101 cm³/mol. The first-order valence-electron chi connectivity index (χ1n) is 8.34. The SMILES string of the molecule is COc1cccc(CNC(=O)COC(=O)c2cccc(C)c2NC(C)=O)c1. The molecular formula is C20H22N2O5. The third-order valence-corrected chi connectivity index (χ3v) is 3.75. The first kappa shape index (κ1) is 20.0. The van der Waals surface area contributed by atoms with Gasteiger partial charge in [0.25, 0.3) is 5.91 Å². The normalized spacial score (nSPS) is 10.0. The maximum Gasteiger partial charge on any atom is 0.340 e. The number of hydrogen-bond acceptors (Lipinski definition) is 5. The lowest BCUT2D eigenvalue weighted by Crippen LogP contribution is -2.28. The van der Waals surface area contributed by atoms with Gasteiger partial charge >= 0.3 is 5.97 Å². The van der Waals surface area contributed by atoms with E-state index in [1.54, 1.807) is 32.2 Å². The fourth-order valence-electron chi connectivity index (χ4n) is 2.42. The van der Waals surface area contributed by atoms with Crippen LogP contribution in [-0.4, -0.2) is 31.5 Å². The minimum Gasteiger partial charge on any atom is -0.497 e. The molecule has 0 spiro atoms. The Hall–Kier alpha value is -3.35. The van der Waals surface area contributed by atoms with Crippen molar-refractivity contribution in [2.45, 2.75) is 20.4 Å². The first-order valence-corrected chi connectivity index (χ1v) is 8.34. The van der Waals surface area contributed by atoms with Crippen molar-refractivity contribution in [3.05, 3.63) is 59.2 Å². The molecule has 2 rings (SSSR count). The molecule has 7 heteroatoms. The minimum absolute atomic E-state index is 0.200. The molecule has 2 aromatic carbocycles. The van der Waals surface area contributed by atoms with Crippen LogP contribution in [0.25, 0.3) is 0 Å². The topological polar surface area (TPSA) is 93.7 Å². The zero-order valence-electron chi connectivity index (χ0n) is 15.5. The monoisotopic (exact) mass is 370 g/mol. The van der Waals surface area contributed by atoms with Gasteiger partial charge in [-0.3, -0.25) is 9.59 Å². The van der Waals surface area contributed by atoms with E-state index in [0.717, 1.165) is 11.1 Å². The van der Waals surface area contributed by atoms with Gasteiger partial charge in [0.1, 0.15) is 5.75 Å². The molecule has 7 nitrogen and oxygen atoms in total. The molecule has 0 saturated heterocycles. The van der Waals surface area contributed by atoms with Gasteiger partial charge in [-0.25, -0.2) is 4.79 Å². The van der Waals surface area contributed by atoms with E-state index in [4.69, 9.17) is 9.47 Å². The van der Waals surface area contributed by atoms with Crippen LogP contribution in [0.3, 0.4) is 0 Å². The predicted octanol–water partition coefficient (Wildman–Crippen LogP) is 2.44. The molecule has 142 valence electrons. The van der Waals surface area contributed by atoms with Crippen molar-refractivity contribution in [1.82, 2.24) is 5.32 Å². The number of carbonyl (C=O) groups is 3. The Morgan fingerprint density at radius 2 is 1.81 bits per heavy atom. The molecule has 0 saturated carbocycles. The van der Waals surface area contributed by atoms with Crippen LogP contribution in [0.2, 0.25) is 0 Å². The zero-order chi connectivity index (χ0) is 19.8. The summed E-state index contributed by atoms with van der Waals surface area (Å²) in [7, 11) is 1.57. The van der Waals surface area contributed by atoms with Gasteiger partial charge in [0.2, 0.25) is 5.91 Å². The molecule has 0 heterocycles. The minimum atomic E-state index is -0.681. The van der Waals surface area contributed by atoms with Gasteiger partial charge in [0, 0.05) is 13.5 Å². The van der Waals surface area contributed by atoms with E-state index >= 15 is 0 Å². The molecule has 2 amide bonds. The molecule has 0 radical (unpaired) electrons. The molecule has 27 heavy (non-hydrogen) atoms. The lowest BCUT2D eigenvalue weighted by atomic mass is 10.1. The molecule has 0 unspecified atom stereocenters. The van der Waals surface area contributed by atoms with E-state index < -0.39 is 18.5 Å². The zero-order valence-corrected chi connectivity index (χ0v) is 15.5. The van der Waals surface area contributed by atoms with Crippen LogP contribution >= 0.6 is 0 Å². The molecule has 2 N–H and O–H groups in total. The molecule has 0 atom stereocenters. The Balaban J connectivity index is 1.92. The Labute approximate surface area is 157 Å². The van der Waals surface area contributed by atoms with Crippen molar-refractivity contribution in [2.75, 3.05) is 19.0 Å². The number of ether oxygens (including phenoxy) is 2. The summed E-state index contributed by atoms with van der Waals surface area (Å²) in [5.41, 5.74) is 2.17. The summed E-state index contributed by atoms with van der Waals surface area (Å²) in [6, 6.07) is 12.3. The second-order valence-corrected chi connectivity index (χ2v) is 5.88. The smallest absolute Gasteiger partial charge is 0.340 e. The number of para-hydroxylation sites is 1. The molecular weight excluding hydrogens is 348 g/mol. The van der Waals surface area contributed by atoms with Gasteiger partial charge in [0.15, 0.2) is 6.61 Å². The van der Waals surface area contributed by atoms with Crippen LogP contribution in [0.5, 0.6) is 5.75 Å². The molecule has 0 bridgehead atoms. The van der Waals surface area contributed by atoms with Gasteiger partial charge in [0.05, 0.1) is 18.4 Å². The number of methoxy groups -OCH3 is 1. The maximum atomic E-state index is 12.3. The lowest BCUT2D eigenvalue weighted by Gasteiger charge is -2.12. The first-order chi connectivity index (χ1) is 12.9. The largest absolute Gasteiger partial charge is 0.497 e. The Kier molecular flexibility index (Phi) is 6.93. The van der Waals surface area contributed by atoms with Crippen LogP contribution < -0.4 is 15.4 Å². The van der Waals surface area contributed by atoms with E-state index in [0.29, 0.717) is 11.4 Å². The van der Waals surface area contributed by atoms with Gasteiger partial charge in [-0.05, 0) is 36.2 Å².